The van der Waals surface area contributed by atoms with E-state index in [-0.39, 0.29) is 27.1 Å². The van der Waals surface area contributed by atoms with Crippen molar-refractivity contribution in [1.29, 1.82) is 5.39 Å². The first-order valence-corrected chi connectivity index (χ1v) is 5.96. The molecule has 0 aliphatic rings. The van der Waals surface area contributed by atoms with E-state index in [0.717, 1.165) is 0 Å². The second kappa shape index (κ2) is 3.69. The molecule has 2 rings (SSSR count). The fourth-order valence-electron chi connectivity index (χ4n) is 1.63. The molecule has 0 amide bonds. The van der Waals surface area contributed by atoms with Crippen molar-refractivity contribution in [3.05, 3.63) is 35.3 Å². The van der Waals surface area contributed by atoms with E-state index < -0.39 is 10.1 Å². The summed E-state index contributed by atoms with van der Waals surface area (Å²) in [5, 5.41) is 18.6. The van der Waals surface area contributed by atoms with E-state index in [0.29, 0.717) is 0 Å². The number of phenols is 1. The van der Waals surface area contributed by atoms with Gasteiger partial charge in [0.05, 0.1) is 5.39 Å². The molecule has 0 aromatic heterocycles. The lowest BCUT2D eigenvalue weighted by molar-refractivity contribution is 0.478. The van der Waals surface area contributed by atoms with Gasteiger partial charge in [0.1, 0.15) is 4.90 Å². The summed E-state index contributed by atoms with van der Waals surface area (Å²) in [6, 6.07) is 6.57. The van der Waals surface area contributed by atoms with Crippen LogP contribution in [0.15, 0.2) is 35.2 Å². The number of hydrogen-bond donors (Lipinski definition) is 2. The van der Waals surface area contributed by atoms with Crippen LogP contribution in [0.5, 0.6) is 5.75 Å². The monoisotopic (exact) mass is 251 g/mol. The fraction of sp³-hybridized carbons (Fsp3) is 0. The molecule has 0 spiro atoms. The predicted octanol–water partition coefficient (Wildman–Crippen LogP) is 2.28. The molecule has 7 heteroatoms. The van der Waals surface area contributed by atoms with Crippen molar-refractivity contribution in [1.82, 2.24) is 0 Å². The molecular formula is C10H7N2O4S+. The lowest BCUT2D eigenvalue weighted by Gasteiger charge is -2.01. The van der Waals surface area contributed by atoms with Crippen LogP contribution in [0.2, 0.25) is 0 Å². The third-order valence-corrected chi connectivity index (χ3v) is 3.26. The molecule has 17 heavy (non-hydrogen) atoms. The number of benzene rings is 2. The minimum atomic E-state index is -4.37. The van der Waals surface area contributed by atoms with E-state index in [4.69, 9.17) is 9.95 Å². The molecule has 0 bridgehead atoms. The maximum absolute atomic E-state index is 11.1. The van der Waals surface area contributed by atoms with Crippen molar-refractivity contribution in [3.63, 3.8) is 0 Å². The average molecular weight is 251 g/mol. The number of fused-ring (bicyclic) bond motifs is 1. The van der Waals surface area contributed by atoms with Crippen LogP contribution in [-0.4, -0.2) is 18.1 Å². The summed E-state index contributed by atoms with van der Waals surface area (Å²) in [6.07, 6.45) is 0. The molecule has 0 aliphatic heterocycles. The Balaban J connectivity index is 3.00. The topological polar surface area (TPSA) is 103 Å². The molecule has 0 fully saturated rings. The van der Waals surface area contributed by atoms with Crippen LogP contribution < -0.4 is 0 Å². The number of aromatic hydroxyl groups is 1. The standard InChI is InChI=1S/C10H6N2O4S/c11-12-10-7-2-1-3-9(17(14,15)16)6(7)4-5-8(10)13/h1-5H,(H-,13,14,15,16)/p+1. The van der Waals surface area contributed by atoms with Gasteiger partial charge >= 0.3 is 5.69 Å². The van der Waals surface area contributed by atoms with Gasteiger partial charge in [0.25, 0.3) is 10.1 Å². The Morgan fingerprint density at radius 3 is 2.41 bits per heavy atom. The van der Waals surface area contributed by atoms with Gasteiger partial charge in [0, 0.05) is 5.39 Å². The van der Waals surface area contributed by atoms with Crippen molar-refractivity contribution in [3.8, 4) is 5.75 Å². The maximum Gasteiger partial charge on any atom is 0.433 e. The Morgan fingerprint density at radius 1 is 1.12 bits per heavy atom. The zero-order chi connectivity index (χ0) is 12.6. The Morgan fingerprint density at radius 2 is 1.82 bits per heavy atom. The quantitative estimate of drug-likeness (QED) is 0.597. The van der Waals surface area contributed by atoms with Gasteiger partial charge in [0.15, 0.2) is 4.98 Å². The first kappa shape index (κ1) is 11.3. The predicted molar refractivity (Wildman–Crippen MR) is 60.2 cm³/mol. The molecule has 2 aromatic carbocycles. The number of diazo groups is 1. The number of rotatable bonds is 1. The largest absolute Gasteiger partial charge is 0.501 e. The van der Waals surface area contributed by atoms with E-state index in [1.807, 2.05) is 0 Å². The summed E-state index contributed by atoms with van der Waals surface area (Å²) >= 11 is 0. The van der Waals surface area contributed by atoms with Gasteiger partial charge < -0.3 is 5.11 Å². The molecule has 0 saturated carbocycles. The third-order valence-electron chi connectivity index (χ3n) is 2.35. The highest BCUT2D eigenvalue weighted by atomic mass is 32.2. The zero-order valence-electron chi connectivity index (χ0n) is 8.40. The van der Waals surface area contributed by atoms with Crippen LogP contribution in [0.1, 0.15) is 0 Å². The van der Waals surface area contributed by atoms with Crippen LogP contribution in [-0.2, 0) is 10.1 Å². The highest BCUT2D eigenvalue weighted by molar-refractivity contribution is 7.86. The molecule has 0 unspecified atom stereocenters. The molecular weight excluding hydrogens is 244 g/mol. The van der Waals surface area contributed by atoms with Crippen LogP contribution in [0.25, 0.3) is 15.7 Å². The zero-order valence-corrected chi connectivity index (χ0v) is 9.22. The van der Waals surface area contributed by atoms with Crippen molar-refractivity contribution in [2.24, 2.45) is 0 Å². The maximum atomic E-state index is 11.1. The van der Waals surface area contributed by atoms with Crippen molar-refractivity contribution in [2.75, 3.05) is 0 Å². The summed E-state index contributed by atoms with van der Waals surface area (Å²) in [5.41, 5.74) is -0.145. The lowest BCUT2D eigenvalue weighted by Crippen LogP contribution is -1.98. The Hall–Kier alpha value is -2.17. The van der Waals surface area contributed by atoms with Gasteiger partial charge in [-0.3, -0.25) is 4.55 Å². The normalized spacial score (nSPS) is 11.3. The molecule has 2 N–H and O–H groups in total. The highest BCUT2D eigenvalue weighted by Crippen LogP contribution is 2.37. The first-order chi connectivity index (χ1) is 7.95. The van der Waals surface area contributed by atoms with Gasteiger partial charge in [-0.05, 0) is 24.3 Å². The molecule has 0 heterocycles. The van der Waals surface area contributed by atoms with Gasteiger partial charge in [-0.1, -0.05) is 6.07 Å². The Labute approximate surface area is 96.5 Å². The summed E-state index contributed by atoms with van der Waals surface area (Å²) in [6.45, 7) is 0. The highest BCUT2D eigenvalue weighted by Gasteiger charge is 2.22. The van der Waals surface area contributed by atoms with E-state index in [1.54, 1.807) is 0 Å². The van der Waals surface area contributed by atoms with Crippen molar-refractivity contribution < 1.29 is 18.1 Å². The van der Waals surface area contributed by atoms with Crippen LogP contribution in [0, 0.1) is 5.39 Å². The number of hydrogen-bond acceptors (Lipinski definition) is 4. The van der Waals surface area contributed by atoms with E-state index in [9.17, 15) is 13.5 Å². The first-order valence-electron chi connectivity index (χ1n) is 4.52. The van der Waals surface area contributed by atoms with Gasteiger partial charge in [-0.15, -0.1) is 0 Å². The number of phenolic OH excluding ortho intramolecular Hbond substituents is 1. The summed E-state index contributed by atoms with van der Waals surface area (Å²) in [7, 11) is -4.37. The van der Waals surface area contributed by atoms with Crippen molar-refractivity contribution in [2.45, 2.75) is 4.90 Å². The number of nitrogens with zero attached hydrogens (tertiary/aromatic N) is 2. The smallest absolute Gasteiger partial charge is 0.433 e. The second-order valence-electron chi connectivity index (χ2n) is 3.36. The summed E-state index contributed by atoms with van der Waals surface area (Å²) in [5.74, 6) is -0.285. The SMILES string of the molecule is N#[N+]c1c(O)ccc2c(S(=O)(=O)O)cccc12. The van der Waals surface area contributed by atoms with Crippen molar-refractivity contribution >= 4 is 26.6 Å². The van der Waals surface area contributed by atoms with Crippen LogP contribution >= 0.6 is 0 Å². The van der Waals surface area contributed by atoms with Gasteiger partial charge in [-0.25, -0.2) is 0 Å². The van der Waals surface area contributed by atoms with Gasteiger partial charge in [-0.2, -0.15) is 8.42 Å². The van der Waals surface area contributed by atoms with Gasteiger partial charge in [0.2, 0.25) is 11.1 Å². The van der Waals surface area contributed by atoms with E-state index >= 15 is 0 Å². The lowest BCUT2D eigenvalue weighted by atomic mass is 10.1. The third kappa shape index (κ3) is 1.80. The molecule has 6 nitrogen and oxygen atoms in total. The summed E-state index contributed by atoms with van der Waals surface area (Å²) < 4.78 is 31.3. The van der Waals surface area contributed by atoms with Crippen LogP contribution in [0.4, 0.5) is 5.69 Å². The minimum Gasteiger partial charge on any atom is -0.501 e. The average Bonchev–Trinajstić information content (AvgIpc) is 2.26. The molecule has 0 saturated heterocycles. The van der Waals surface area contributed by atoms with E-state index in [1.165, 1.54) is 30.3 Å². The molecule has 0 atom stereocenters. The molecule has 86 valence electrons. The minimum absolute atomic E-state index is 0.145. The molecule has 0 radical (unpaired) electrons. The Bertz CT molecular complexity index is 747. The molecule has 2 aromatic rings. The fourth-order valence-corrected chi connectivity index (χ4v) is 2.34. The van der Waals surface area contributed by atoms with E-state index in [2.05, 4.69) is 4.98 Å². The summed E-state index contributed by atoms with van der Waals surface area (Å²) in [4.78, 5) is 2.59. The Kier molecular flexibility index (Phi) is 2.46. The molecule has 0 aliphatic carbocycles. The second-order valence-corrected chi connectivity index (χ2v) is 4.75. The van der Waals surface area contributed by atoms with Crippen LogP contribution in [0.3, 0.4) is 0 Å².